The first-order valence-corrected chi connectivity index (χ1v) is 17.3. The Morgan fingerprint density at radius 1 is 1.15 bits per heavy atom. The number of likely N-dealkylation sites (tertiary alicyclic amines) is 1. The zero-order valence-corrected chi connectivity index (χ0v) is 26.8. The van der Waals surface area contributed by atoms with Crippen molar-refractivity contribution >= 4 is 66.5 Å². The minimum absolute atomic E-state index is 0.00559. The number of anilines is 3. The number of rotatable bonds is 9. The largest absolute Gasteiger partial charge is 0.457 e. The van der Waals surface area contributed by atoms with Crippen molar-refractivity contribution in [2.45, 2.75) is 25.8 Å². The van der Waals surface area contributed by atoms with Crippen LogP contribution in [0.25, 0.3) is 10.2 Å². The number of para-hydroxylation sites is 1. The molecule has 0 saturated carbocycles. The number of piperidine rings is 1. The number of sulfonamides is 1. The number of amides is 4. The Bertz CT molecular complexity index is 1960. The van der Waals surface area contributed by atoms with E-state index in [1.807, 2.05) is 49.4 Å². The summed E-state index contributed by atoms with van der Waals surface area (Å²) in [6, 6.07) is 15.8. The molecule has 3 N–H and O–H groups in total. The van der Waals surface area contributed by atoms with Gasteiger partial charge in [0.1, 0.15) is 21.2 Å². The Kier molecular flexibility index (Phi) is 8.75. The number of urea groups is 1. The number of benzene rings is 2. The molecule has 1 fully saturated rings. The summed E-state index contributed by atoms with van der Waals surface area (Å²) in [5, 5.41) is 6.26. The first-order valence-electron chi connectivity index (χ1n) is 14.6. The van der Waals surface area contributed by atoms with Gasteiger partial charge in [0.2, 0.25) is 15.9 Å². The first-order chi connectivity index (χ1) is 22.1. The van der Waals surface area contributed by atoms with E-state index in [2.05, 4.69) is 20.3 Å². The molecule has 2 aromatic carbocycles. The van der Waals surface area contributed by atoms with Crippen molar-refractivity contribution in [1.82, 2.24) is 14.6 Å². The second kappa shape index (κ2) is 12.9. The smallest absolute Gasteiger partial charge is 0.323 e. The van der Waals surface area contributed by atoms with Crippen LogP contribution < -0.4 is 25.0 Å². The second-order valence-electron chi connectivity index (χ2n) is 11.1. The number of nitrogens with one attached hydrogen (secondary N) is 3. The van der Waals surface area contributed by atoms with Gasteiger partial charge in [-0.25, -0.2) is 22.9 Å². The molecule has 2 aliphatic rings. The molecule has 1 atom stereocenters. The number of pyridine rings is 1. The van der Waals surface area contributed by atoms with E-state index < -0.39 is 22.1 Å². The summed E-state index contributed by atoms with van der Waals surface area (Å²) in [7, 11) is -3.39. The fourth-order valence-corrected chi connectivity index (χ4v) is 7.12. The van der Waals surface area contributed by atoms with E-state index in [4.69, 9.17) is 4.74 Å². The highest BCUT2D eigenvalue weighted by atomic mass is 32.2. The minimum Gasteiger partial charge on any atom is -0.457 e. The first kappa shape index (κ1) is 31.2. The van der Waals surface area contributed by atoms with Gasteiger partial charge in [0.25, 0.3) is 5.91 Å². The maximum absolute atomic E-state index is 14.7. The Morgan fingerprint density at radius 2 is 1.96 bits per heavy atom. The van der Waals surface area contributed by atoms with Crippen molar-refractivity contribution < 1.29 is 27.5 Å². The van der Waals surface area contributed by atoms with Gasteiger partial charge in [-0.2, -0.15) is 0 Å². The summed E-state index contributed by atoms with van der Waals surface area (Å²) in [6.45, 7) is 2.65. The lowest BCUT2D eigenvalue weighted by atomic mass is 10.0. The molecule has 2 aliphatic heterocycles. The van der Waals surface area contributed by atoms with Crippen molar-refractivity contribution in [3.05, 3.63) is 83.4 Å². The van der Waals surface area contributed by atoms with E-state index in [9.17, 15) is 22.8 Å². The Balaban J connectivity index is 1.35. The standard InChI is InChI=1S/C32H32N6O6S2/c1-20-18-23(44-22-9-4-3-5-10-22)12-13-25(20)38(21-8-7-17-37(19-21)26(39)11-6-15-34-46(2,42)43)31(40)29-28-27-24(35-32(41)36-28)14-16-33-30(27)45-29/h3-6,9-14,16,18,21,34H,7-8,15,17,19H2,1-2H3,(H2,35,36,41). The average molecular weight is 661 g/mol. The van der Waals surface area contributed by atoms with E-state index >= 15 is 0 Å². The van der Waals surface area contributed by atoms with E-state index in [1.54, 1.807) is 28.1 Å². The second-order valence-corrected chi connectivity index (χ2v) is 13.9. The fraction of sp³-hybridized carbons (Fsp3) is 0.250. The molecule has 238 valence electrons. The van der Waals surface area contributed by atoms with Crippen molar-refractivity contribution in [3.8, 4) is 11.5 Å². The average Bonchev–Trinajstić information content (AvgIpc) is 3.40. The highest BCUT2D eigenvalue weighted by Crippen LogP contribution is 2.43. The number of aryl methyl sites for hydroxylation is 1. The van der Waals surface area contributed by atoms with Gasteiger partial charge in [0.15, 0.2) is 0 Å². The highest BCUT2D eigenvalue weighted by Gasteiger charge is 2.36. The normalized spacial score (nSPS) is 16.3. The molecule has 1 saturated heterocycles. The Labute approximate surface area is 270 Å². The summed E-state index contributed by atoms with van der Waals surface area (Å²) in [6.07, 6.45) is 6.74. The van der Waals surface area contributed by atoms with Crippen LogP contribution in [0.2, 0.25) is 0 Å². The molecule has 0 radical (unpaired) electrons. The van der Waals surface area contributed by atoms with E-state index in [-0.39, 0.29) is 24.9 Å². The summed E-state index contributed by atoms with van der Waals surface area (Å²) >= 11 is 1.20. The van der Waals surface area contributed by atoms with Gasteiger partial charge in [-0.05, 0) is 61.7 Å². The molecule has 1 unspecified atom stereocenters. The Hall–Kier alpha value is -4.79. The van der Waals surface area contributed by atoms with Gasteiger partial charge in [0, 0.05) is 37.6 Å². The number of carbonyl (C=O) groups excluding carboxylic acids is 3. The number of ether oxygens (including phenoxy) is 1. The molecule has 4 aromatic rings. The van der Waals surface area contributed by atoms with Crippen LogP contribution in [0.5, 0.6) is 11.5 Å². The molecule has 12 nitrogen and oxygen atoms in total. The van der Waals surface area contributed by atoms with Gasteiger partial charge in [-0.15, -0.1) is 11.3 Å². The lowest BCUT2D eigenvalue weighted by Gasteiger charge is -2.39. The van der Waals surface area contributed by atoms with Crippen molar-refractivity contribution in [2.24, 2.45) is 0 Å². The monoisotopic (exact) mass is 660 g/mol. The quantitative estimate of drug-likeness (QED) is 0.212. The molecule has 4 heterocycles. The zero-order valence-electron chi connectivity index (χ0n) is 25.1. The van der Waals surface area contributed by atoms with E-state index in [0.717, 1.165) is 11.8 Å². The van der Waals surface area contributed by atoms with Crippen molar-refractivity contribution in [1.29, 1.82) is 0 Å². The lowest BCUT2D eigenvalue weighted by Crippen LogP contribution is -2.52. The topological polar surface area (TPSA) is 150 Å². The third kappa shape index (κ3) is 6.73. The molecule has 0 spiro atoms. The van der Waals surface area contributed by atoms with Crippen LogP contribution in [0.1, 0.15) is 28.1 Å². The number of hydrogen-bond donors (Lipinski definition) is 3. The molecular weight excluding hydrogens is 629 g/mol. The molecule has 0 bridgehead atoms. The van der Waals surface area contributed by atoms with Crippen molar-refractivity contribution in [2.75, 3.05) is 41.4 Å². The van der Waals surface area contributed by atoms with E-state index in [0.29, 0.717) is 63.0 Å². The molecule has 6 rings (SSSR count). The third-order valence-corrected chi connectivity index (χ3v) is 9.47. The number of nitrogens with zero attached hydrogens (tertiary/aromatic N) is 3. The number of hydrogen-bond acceptors (Lipinski definition) is 8. The molecular formula is C32H32N6O6S2. The van der Waals surface area contributed by atoms with Gasteiger partial charge in [-0.3, -0.25) is 9.59 Å². The van der Waals surface area contributed by atoms with Crippen molar-refractivity contribution in [3.63, 3.8) is 0 Å². The maximum Gasteiger partial charge on any atom is 0.323 e. The number of thiophene rings is 1. The van der Waals surface area contributed by atoms with Crippen LogP contribution in [0.4, 0.5) is 21.9 Å². The van der Waals surface area contributed by atoms with Crippen LogP contribution in [0.3, 0.4) is 0 Å². The van der Waals surface area contributed by atoms with Gasteiger partial charge in [-0.1, -0.05) is 24.3 Å². The number of aromatic nitrogens is 1. The van der Waals surface area contributed by atoms with Crippen LogP contribution >= 0.6 is 11.3 Å². The molecule has 46 heavy (non-hydrogen) atoms. The number of carbonyl (C=O) groups is 3. The predicted octanol–water partition coefficient (Wildman–Crippen LogP) is 5.10. The van der Waals surface area contributed by atoms with Crippen LogP contribution in [-0.4, -0.2) is 68.1 Å². The molecule has 4 amide bonds. The summed E-state index contributed by atoms with van der Waals surface area (Å²) < 4.78 is 31.1. The highest BCUT2D eigenvalue weighted by molar-refractivity contribution is 7.88. The Morgan fingerprint density at radius 3 is 2.72 bits per heavy atom. The lowest BCUT2D eigenvalue weighted by molar-refractivity contribution is -0.127. The fourth-order valence-electron chi connectivity index (χ4n) is 5.66. The van der Waals surface area contributed by atoms with E-state index in [1.165, 1.54) is 23.5 Å². The molecule has 0 aliphatic carbocycles. The zero-order chi connectivity index (χ0) is 32.4. The summed E-state index contributed by atoms with van der Waals surface area (Å²) in [4.78, 5) is 49.1. The van der Waals surface area contributed by atoms with Crippen LogP contribution in [0.15, 0.2) is 72.9 Å². The predicted molar refractivity (Wildman–Crippen MR) is 178 cm³/mol. The molecule has 14 heteroatoms. The summed E-state index contributed by atoms with van der Waals surface area (Å²) in [5.74, 6) is 0.691. The van der Waals surface area contributed by atoms with Gasteiger partial charge < -0.3 is 25.2 Å². The maximum atomic E-state index is 14.7. The van der Waals surface area contributed by atoms with Crippen LogP contribution in [0, 0.1) is 6.92 Å². The third-order valence-electron chi connectivity index (χ3n) is 7.70. The SMILES string of the molecule is Cc1cc(Oc2ccccc2)ccc1N(C(=O)c1sc2nccc3c2c1NC(=O)N3)C1CCCN(C(=O)C=CCNS(C)(=O)=O)C1. The molecule has 2 aromatic heterocycles. The minimum atomic E-state index is -3.39. The summed E-state index contributed by atoms with van der Waals surface area (Å²) in [5.41, 5.74) is 2.43. The van der Waals surface area contributed by atoms with Gasteiger partial charge >= 0.3 is 6.03 Å². The van der Waals surface area contributed by atoms with Gasteiger partial charge in [0.05, 0.1) is 29.1 Å². The van der Waals surface area contributed by atoms with Crippen LogP contribution in [-0.2, 0) is 14.8 Å².